The first-order chi connectivity index (χ1) is 10.7. The fourth-order valence-electron chi connectivity index (χ4n) is 3.68. The van der Waals surface area contributed by atoms with Crippen molar-refractivity contribution in [3.05, 3.63) is 35.9 Å². The van der Waals surface area contributed by atoms with E-state index in [0.29, 0.717) is 18.1 Å². The molecule has 0 saturated heterocycles. The zero-order valence-electron chi connectivity index (χ0n) is 13.1. The molecule has 2 fully saturated rings. The Morgan fingerprint density at radius 2 is 1.86 bits per heavy atom. The summed E-state index contributed by atoms with van der Waals surface area (Å²) >= 11 is 0. The average Bonchev–Trinajstić information content (AvgIpc) is 3.37. The van der Waals surface area contributed by atoms with Crippen molar-refractivity contribution in [1.29, 1.82) is 0 Å². The monoisotopic (exact) mass is 302 g/mol. The third kappa shape index (κ3) is 4.08. The molecule has 2 aliphatic carbocycles. The molecule has 0 amide bonds. The molecule has 0 heterocycles. The Kier molecular flexibility index (Phi) is 5.11. The molecule has 4 heteroatoms. The van der Waals surface area contributed by atoms with E-state index < -0.39 is 5.97 Å². The quantitative estimate of drug-likeness (QED) is 0.813. The maximum absolute atomic E-state index is 10.9. The zero-order valence-corrected chi connectivity index (χ0v) is 13.1. The van der Waals surface area contributed by atoms with Crippen molar-refractivity contribution in [2.24, 2.45) is 0 Å². The minimum Gasteiger partial charge on any atom is -0.480 e. The van der Waals surface area contributed by atoms with Gasteiger partial charge in [0.25, 0.3) is 0 Å². The van der Waals surface area contributed by atoms with Crippen molar-refractivity contribution in [2.75, 3.05) is 6.54 Å². The van der Waals surface area contributed by atoms with Crippen LogP contribution in [0, 0.1) is 0 Å². The van der Waals surface area contributed by atoms with Gasteiger partial charge in [0, 0.05) is 24.7 Å². The summed E-state index contributed by atoms with van der Waals surface area (Å²) in [7, 11) is 0. The van der Waals surface area contributed by atoms with Gasteiger partial charge in [-0.15, -0.1) is 0 Å². The number of benzene rings is 1. The second kappa shape index (κ2) is 7.25. The van der Waals surface area contributed by atoms with Gasteiger partial charge >= 0.3 is 5.97 Å². The van der Waals surface area contributed by atoms with E-state index in [1.807, 2.05) is 0 Å². The molecule has 0 aliphatic heterocycles. The molecule has 0 spiro atoms. The highest BCUT2D eigenvalue weighted by atomic mass is 16.4. The van der Waals surface area contributed by atoms with Crippen LogP contribution in [0.1, 0.15) is 44.1 Å². The van der Waals surface area contributed by atoms with E-state index >= 15 is 0 Å². The van der Waals surface area contributed by atoms with Crippen molar-refractivity contribution in [3.8, 4) is 0 Å². The molecule has 2 saturated carbocycles. The summed E-state index contributed by atoms with van der Waals surface area (Å²) in [4.78, 5) is 13.5. The van der Waals surface area contributed by atoms with Gasteiger partial charge in [-0.05, 0) is 31.2 Å². The summed E-state index contributed by atoms with van der Waals surface area (Å²) in [6.45, 7) is 1.06. The Labute approximate surface area is 132 Å². The zero-order chi connectivity index (χ0) is 15.4. The van der Waals surface area contributed by atoms with Crippen molar-refractivity contribution in [1.82, 2.24) is 10.2 Å². The van der Waals surface area contributed by atoms with Gasteiger partial charge in [0.05, 0.1) is 6.54 Å². The van der Waals surface area contributed by atoms with Crippen LogP contribution in [-0.4, -0.2) is 40.6 Å². The van der Waals surface area contributed by atoms with Gasteiger partial charge in [0.15, 0.2) is 0 Å². The lowest BCUT2D eigenvalue weighted by molar-refractivity contribution is -0.136. The van der Waals surface area contributed by atoms with Crippen molar-refractivity contribution >= 4 is 5.97 Å². The van der Waals surface area contributed by atoms with Crippen LogP contribution in [0.25, 0.3) is 0 Å². The van der Waals surface area contributed by atoms with E-state index in [-0.39, 0.29) is 6.54 Å². The molecule has 2 atom stereocenters. The fourth-order valence-corrected chi connectivity index (χ4v) is 3.68. The largest absolute Gasteiger partial charge is 0.480 e. The van der Waals surface area contributed by atoms with Crippen molar-refractivity contribution in [2.45, 2.75) is 63.2 Å². The molecule has 0 aromatic heterocycles. The number of carbonyl (C=O) groups is 1. The van der Waals surface area contributed by atoms with Gasteiger partial charge in [-0.3, -0.25) is 9.69 Å². The normalized spacial score (nSPS) is 25.3. The maximum atomic E-state index is 10.9. The number of carboxylic acid groups (broad SMARTS) is 1. The van der Waals surface area contributed by atoms with Gasteiger partial charge in [0.1, 0.15) is 0 Å². The summed E-state index contributed by atoms with van der Waals surface area (Å²) in [5.74, 6) is -0.759. The fraction of sp³-hybridized carbons (Fsp3) is 0.611. The van der Waals surface area contributed by atoms with Crippen LogP contribution in [0.2, 0.25) is 0 Å². The Hall–Kier alpha value is -1.39. The lowest BCUT2D eigenvalue weighted by Gasteiger charge is -2.40. The Balaban J connectivity index is 1.69. The van der Waals surface area contributed by atoms with E-state index in [0.717, 1.165) is 13.0 Å². The number of carboxylic acids is 1. The number of rotatable bonds is 7. The molecular formula is C18H26N2O2. The predicted octanol–water partition coefficient (Wildman–Crippen LogP) is 2.64. The van der Waals surface area contributed by atoms with Gasteiger partial charge in [0.2, 0.25) is 0 Å². The molecule has 2 aliphatic rings. The molecule has 1 aromatic rings. The van der Waals surface area contributed by atoms with Gasteiger partial charge < -0.3 is 10.4 Å². The van der Waals surface area contributed by atoms with Crippen LogP contribution in [0.4, 0.5) is 0 Å². The van der Waals surface area contributed by atoms with Crippen LogP contribution in [-0.2, 0) is 11.3 Å². The molecular weight excluding hydrogens is 276 g/mol. The third-order valence-corrected chi connectivity index (χ3v) is 4.89. The number of nitrogens with zero attached hydrogens (tertiary/aromatic N) is 1. The number of nitrogens with one attached hydrogen (secondary N) is 1. The van der Waals surface area contributed by atoms with Crippen LogP contribution in [0.3, 0.4) is 0 Å². The summed E-state index contributed by atoms with van der Waals surface area (Å²) in [5, 5.41) is 12.2. The minimum absolute atomic E-state index is 0.0744. The molecule has 1 aromatic carbocycles. The lowest BCUT2D eigenvalue weighted by Crippen LogP contribution is -2.53. The lowest BCUT2D eigenvalue weighted by atomic mass is 9.88. The van der Waals surface area contributed by atoms with E-state index in [1.165, 1.54) is 37.7 Å². The van der Waals surface area contributed by atoms with Gasteiger partial charge in [-0.25, -0.2) is 0 Å². The van der Waals surface area contributed by atoms with Crippen LogP contribution in [0.15, 0.2) is 30.3 Å². The molecule has 120 valence electrons. The smallest absolute Gasteiger partial charge is 0.317 e. The Morgan fingerprint density at radius 1 is 1.14 bits per heavy atom. The summed E-state index contributed by atoms with van der Waals surface area (Å²) in [6, 6.07) is 12.1. The van der Waals surface area contributed by atoms with E-state index in [4.69, 9.17) is 5.11 Å². The highest BCUT2D eigenvalue weighted by molar-refractivity contribution is 5.69. The Bertz CT molecular complexity index is 487. The topological polar surface area (TPSA) is 52.6 Å². The molecule has 0 unspecified atom stereocenters. The van der Waals surface area contributed by atoms with Crippen LogP contribution >= 0.6 is 0 Å². The molecule has 2 N–H and O–H groups in total. The predicted molar refractivity (Wildman–Crippen MR) is 86.7 cm³/mol. The van der Waals surface area contributed by atoms with E-state index in [2.05, 4.69) is 40.5 Å². The van der Waals surface area contributed by atoms with Gasteiger partial charge in [-0.2, -0.15) is 0 Å². The summed E-state index contributed by atoms with van der Waals surface area (Å²) < 4.78 is 0. The Morgan fingerprint density at radius 3 is 2.55 bits per heavy atom. The van der Waals surface area contributed by atoms with Crippen LogP contribution in [0.5, 0.6) is 0 Å². The second-order valence-electron chi connectivity index (χ2n) is 6.62. The first kappa shape index (κ1) is 15.5. The second-order valence-corrected chi connectivity index (χ2v) is 6.62. The standard InChI is InChI=1S/C18H26N2O2/c21-18(22)12-19-16-8-4-5-9-17(16)20(15-10-11-15)13-14-6-2-1-3-7-14/h1-3,6-7,15-17,19H,4-5,8-13H2,(H,21,22)/t16-,17+/m1/s1. The van der Waals surface area contributed by atoms with Crippen molar-refractivity contribution in [3.63, 3.8) is 0 Å². The first-order valence-corrected chi connectivity index (χ1v) is 8.49. The minimum atomic E-state index is -0.759. The average molecular weight is 302 g/mol. The van der Waals surface area contributed by atoms with Gasteiger partial charge in [-0.1, -0.05) is 43.2 Å². The summed E-state index contributed by atoms with van der Waals surface area (Å²) in [6.07, 6.45) is 7.31. The number of hydrogen-bond donors (Lipinski definition) is 2. The molecule has 0 radical (unpaired) electrons. The molecule has 3 rings (SSSR count). The highest BCUT2D eigenvalue weighted by Crippen LogP contribution is 2.35. The van der Waals surface area contributed by atoms with Crippen LogP contribution < -0.4 is 5.32 Å². The molecule has 22 heavy (non-hydrogen) atoms. The SMILES string of the molecule is O=C(O)CN[C@@H]1CCCC[C@@H]1N(Cc1ccccc1)C1CC1. The third-order valence-electron chi connectivity index (χ3n) is 4.89. The van der Waals surface area contributed by atoms with E-state index in [9.17, 15) is 4.79 Å². The van der Waals surface area contributed by atoms with Crippen molar-refractivity contribution < 1.29 is 9.90 Å². The first-order valence-electron chi connectivity index (χ1n) is 8.49. The number of hydrogen-bond acceptors (Lipinski definition) is 3. The highest BCUT2D eigenvalue weighted by Gasteiger charge is 2.38. The number of aliphatic carboxylic acids is 1. The molecule has 0 bridgehead atoms. The maximum Gasteiger partial charge on any atom is 0.317 e. The van der Waals surface area contributed by atoms with E-state index in [1.54, 1.807) is 0 Å². The molecule has 4 nitrogen and oxygen atoms in total. The summed E-state index contributed by atoms with van der Waals surface area (Å²) in [5.41, 5.74) is 1.36.